The van der Waals surface area contributed by atoms with Crippen molar-refractivity contribution in [3.8, 4) is 5.75 Å². The lowest BCUT2D eigenvalue weighted by atomic mass is 10.1. The van der Waals surface area contributed by atoms with E-state index < -0.39 is 22.0 Å². The van der Waals surface area contributed by atoms with Crippen molar-refractivity contribution in [2.45, 2.75) is 24.8 Å². The summed E-state index contributed by atoms with van der Waals surface area (Å²) in [6, 6.07) is 16.3. The van der Waals surface area contributed by atoms with Crippen LogP contribution in [0.5, 0.6) is 5.75 Å². The summed E-state index contributed by atoms with van der Waals surface area (Å²) in [5, 5.41) is 4.81. The number of benzene rings is 3. The van der Waals surface area contributed by atoms with Crippen molar-refractivity contribution < 1.29 is 17.9 Å². The highest BCUT2D eigenvalue weighted by atomic mass is 35.5. The van der Waals surface area contributed by atoms with Gasteiger partial charge in [0.15, 0.2) is 0 Å². The third-order valence-electron chi connectivity index (χ3n) is 4.29. The number of fused-ring (bicyclic) bond motifs is 1. The minimum atomic E-state index is -3.94. The molecule has 0 aliphatic heterocycles. The largest absolute Gasteiger partial charge is 0.492 e. The maximum atomic E-state index is 12.6. The number of amides is 1. The molecule has 152 valence electrons. The van der Waals surface area contributed by atoms with Gasteiger partial charge in [-0.05, 0) is 43.5 Å². The Balaban J connectivity index is 1.75. The molecular formula is C21H21ClN2O4S. The highest BCUT2D eigenvalue weighted by molar-refractivity contribution is 7.89. The normalized spacial score (nSPS) is 12.5. The van der Waals surface area contributed by atoms with Crippen LogP contribution in [0.2, 0.25) is 5.02 Å². The molecule has 0 aliphatic rings. The minimum absolute atomic E-state index is 0.0456. The molecule has 0 unspecified atom stereocenters. The van der Waals surface area contributed by atoms with Crippen LogP contribution in [0.25, 0.3) is 10.8 Å². The molecule has 1 atom stereocenters. The number of hydrogen-bond acceptors (Lipinski definition) is 4. The van der Waals surface area contributed by atoms with Crippen LogP contribution >= 0.6 is 11.6 Å². The van der Waals surface area contributed by atoms with Gasteiger partial charge in [0.1, 0.15) is 5.75 Å². The number of halogens is 1. The van der Waals surface area contributed by atoms with Gasteiger partial charge in [-0.2, -0.15) is 4.72 Å². The molecule has 0 fully saturated rings. The average molecular weight is 433 g/mol. The molecule has 3 aromatic carbocycles. The summed E-state index contributed by atoms with van der Waals surface area (Å²) in [6.45, 7) is 3.70. The maximum absolute atomic E-state index is 12.6. The topological polar surface area (TPSA) is 84.5 Å². The summed E-state index contributed by atoms with van der Waals surface area (Å²) >= 11 is 6.08. The number of hydrogen-bond donors (Lipinski definition) is 2. The second kappa shape index (κ2) is 8.82. The quantitative estimate of drug-likeness (QED) is 0.586. The molecule has 0 saturated carbocycles. The molecule has 1 amide bonds. The predicted molar refractivity (Wildman–Crippen MR) is 115 cm³/mol. The molecule has 0 bridgehead atoms. The first-order chi connectivity index (χ1) is 13.8. The van der Waals surface area contributed by atoms with Crippen LogP contribution in [-0.4, -0.2) is 27.0 Å². The van der Waals surface area contributed by atoms with Crippen molar-refractivity contribution in [2.24, 2.45) is 0 Å². The number of anilines is 1. The van der Waals surface area contributed by atoms with Gasteiger partial charge in [0, 0.05) is 11.1 Å². The molecule has 3 aromatic rings. The zero-order valence-corrected chi connectivity index (χ0v) is 17.5. The van der Waals surface area contributed by atoms with Gasteiger partial charge in [-0.25, -0.2) is 8.42 Å². The summed E-state index contributed by atoms with van der Waals surface area (Å²) in [5.74, 6) is -0.0724. The van der Waals surface area contributed by atoms with E-state index in [2.05, 4.69) is 10.0 Å². The van der Waals surface area contributed by atoms with E-state index >= 15 is 0 Å². The molecule has 2 N–H and O–H groups in total. The van der Waals surface area contributed by atoms with Crippen molar-refractivity contribution in [1.29, 1.82) is 0 Å². The van der Waals surface area contributed by atoms with Gasteiger partial charge < -0.3 is 10.1 Å². The fourth-order valence-corrected chi connectivity index (χ4v) is 4.38. The van der Waals surface area contributed by atoms with Crippen molar-refractivity contribution in [2.75, 3.05) is 11.9 Å². The van der Waals surface area contributed by atoms with E-state index in [4.69, 9.17) is 16.3 Å². The molecule has 0 aromatic heterocycles. The number of sulfonamides is 1. The molecule has 29 heavy (non-hydrogen) atoms. The molecular weight excluding hydrogens is 412 g/mol. The summed E-state index contributed by atoms with van der Waals surface area (Å²) in [5.41, 5.74) is 0.614. The predicted octanol–water partition coefficient (Wildman–Crippen LogP) is 4.20. The second-order valence-corrected chi connectivity index (χ2v) is 8.51. The monoisotopic (exact) mass is 432 g/mol. The fraction of sp³-hybridized carbons (Fsp3) is 0.190. The zero-order chi connectivity index (χ0) is 21.0. The number of carbonyl (C=O) groups is 1. The number of ether oxygens (including phenoxy) is 1. The maximum Gasteiger partial charge on any atom is 0.242 e. The Kier molecular flexibility index (Phi) is 6.42. The molecule has 0 radical (unpaired) electrons. The van der Waals surface area contributed by atoms with Crippen molar-refractivity contribution in [3.05, 3.63) is 65.7 Å². The Morgan fingerprint density at radius 1 is 1.10 bits per heavy atom. The summed E-state index contributed by atoms with van der Waals surface area (Å²) in [4.78, 5) is 12.5. The van der Waals surface area contributed by atoms with Gasteiger partial charge in [0.25, 0.3) is 0 Å². The lowest BCUT2D eigenvalue weighted by Crippen LogP contribution is -2.41. The number of rotatable bonds is 7. The SMILES string of the molecule is CCOc1ccc(S(=O)(=O)N[C@@H](C)C(=O)Nc2cccc3ccccc23)cc1Cl. The average Bonchev–Trinajstić information content (AvgIpc) is 2.69. The van der Waals surface area contributed by atoms with E-state index in [1.165, 1.54) is 25.1 Å². The lowest BCUT2D eigenvalue weighted by molar-refractivity contribution is -0.117. The van der Waals surface area contributed by atoms with Crippen LogP contribution in [-0.2, 0) is 14.8 Å². The van der Waals surface area contributed by atoms with E-state index in [1.807, 2.05) is 36.4 Å². The smallest absolute Gasteiger partial charge is 0.242 e. The van der Waals surface area contributed by atoms with Gasteiger partial charge >= 0.3 is 0 Å². The van der Waals surface area contributed by atoms with E-state index in [9.17, 15) is 13.2 Å². The highest BCUT2D eigenvalue weighted by Gasteiger charge is 2.23. The first kappa shape index (κ1) is 21.1. The first-order valence-electron chi connectivity index (χ1n) is 9.05. The van der Waals surface area contributed by atoms with Crippen molar-refractivity contribution in [3.63, 3.8) is 0 Å². The third-order valence-corrected chi connectivity index (χ3v) is 6.12. The fourth-order valence-electron chi connectivity index (χ4n) is 2.85. The van der Waals surface area contributed by atoms with E-state index in [-0.39, 0.29) is 9.92 Å². The minimum Gasteiger partial charge on any atom is -0.492 e. The molecule has 3 rings (SSSR count). The number of nitrogens with one attached hydrogen (secondary N) is 2. The molecule has 8 heteroatoms. The summed E-state index contributed by atoms with van der Waals surface area (Å²) < 4.78 is 33.0. The van der Waals surface area contributed by atoms with E-state index in [0.717, 1.165) is 10.8 Å². The van der Waals surface area contributed by atoms with Crippen LogP contribution in [0.15, 0.2) is 65.6 Å². The highest BCUT2D eigenvalue weighted by Crippen LogP contribution is 2.27. The summed E-state index contributed by atoms with van der Waals surface area (Å²) in [7, 11) is -3.94. The van der Waals surface area contributed by atoms with Crippen LogP contribution in [0, 0.1) is 0 Å². The first-order valence-corrected chi connectivity index (χ1v) is 10.9. The van der Waals surface area contributed by atoms with Crippen LogP contribution < -0.4 is 14.8 Å². The van der Waals surface area contributed by atoms with Gasteiger partial charge in [-0.15, -0.1) is 0 Å². The molecule has 0 saturated heterocycles. The molecule has 0 spiro atoms. The van der Waals surface area contributed by atoms with Crippen molar-refractivity contribution >= 4 is 44.0 Å². The zero-order valence-electron chi connectivity index (χ0n) is 16.0. The standard InChI is InChI=1S/C21H21ClN2O4S/c1-3-28-20-12-11-16(13-18(20)22)29(26,27)24-14(2)21(25)23-19-10-6-8-15-7-4-5-9-17(15)19/h4-14,24H,3H2,1-2H3,(H,23,25)/t14-/m0/s1. The Hall–Kier alpha value is -2.61. The second-order valence-electron chi connectivity index (χ2n) is 6.38. The molecule has 0 aliphatic carbocycles. The summed E-state index contributed by atoms with van der Waals surface area (Å²) in [6.07, 6.45) is 0. The van der Waals surface area contributed by atoms with Gasteiger partial charge in [-0.1, -0.05) is 48.0 Å². The van der Waals surface area contributed by atoms with Crippen LogP contribution in [0.1, 0.15) is 13.8 Å². The Morgan fingerprint density at radius 3 is 2.55 bits per heavy atom. The number of carbonyl (C=O) groups excluding carboxylic acids is 1. The Morgan fingerprint density at radius 2 is 1.83 bits per heavy atom. The molecule has 0 heterocycles. The van der Waals surface area contributed by atoms with Crippen molar-refractivity contribution in [1.82, 2.24) is 4.72 Å². The Labute approximate surface area is 174 Å². The van der Waals surface area contributed by atoms with Gasteiger partial charge in [0.05, 0.1) is 22.6 Å². The Bertz CT molecular complexity index is 1140. The van der Waals surface area contributed by atoms with Crippen LogP contribution in [0.4, 0.5) is 5.69 Å². The molecule has 6 nitrogen and oxygen atoms in total. The van der Waals surface area contributed by atoms with E-state index in [0.29, 0.717) is 18.0 Å². The third kappa shape index (κ3) is 4.87. The lowest BCUT2D eigenvalue weighted by Gasteiger charge is -2.16. The van der Waals surface area contributed by atoms with Gasteiger partial charge in [0.2, 0.25) is 15.9 Å². The van der Waals surface area contributed by atoms with E-state index in [1.54, 1.807) is 13.0 Å². The van der Waals surface area contributed by atoms with Gasteiger partial charge in [-0.3, -0.25) is 4.79 Å². The van der Waals surface area contributed by atoms with Crippen LogP contribution in [0.3, 0.4) is 0 Å².